The molecule has 4 rings (SSSR count). The van der Waals surface area contributed by atoms with E-state index in [0.29, 0.717) is 25.5 Å². The molecule has 0 atom stereocenters. The van der Waals surface area contributed by atoms with Gasteiger partial charge < -0.3 is 19.3 Å². The van der Waals surface area contributed by atoms with Crippen LogP contribution in [0.4, 0.5) is 0 Å². The van der Waals surface area contributed by atoms with Gasteiger partial charge in [-0.3, -0.25) is 4.98 Å². The Kier molecular flexibility index (Phi) is 4.69. The summed E-state index contributed by atoms with van der Waals surface area (Å²) in [7, 11) is 1.69. The number of hydrogen-bond acceptors (Lipinski definition) is 6. The highest BCUT2D eigenvalue weighted by atomic mass is 16.5. The molecular weight excluding hydrogens is 330 g/mol. The van der Waals surface area contributed by atoms with E-state index in [9.17, 15) is 0 Å². The van der Waals surface area contributed by atoms with Crippen molar-refractivity contribution in [3.05, 3.63) is 66.0 Å². The lowest BCUT2D eigenvalue weighted by molar-refractivity contribution is -0.0756. The summed E-state index contributed by atoms with van der Waals surface area (Å²) in [5, 5.41) is 7.83. The van der Waals surface area contributed by atoms with Crippen LogP contribution < -0.4 is 10.1 Å². The molecule has 1 aliphatic heterocycles. The zero-order valence-electron chi connectivity index (χ0n) is 14.6. The molecule has 1 aliphatic rings. The Balaban J connectivity index is 1.45. The molecule has 6 heteroatoms. The van der Waals surface area contributed by atoms with E-state index in [1.165, 1.54) is 0 Å². The third kappa shape index (κ3) is 3.47. The quantitative estimate of drug-likeness (QED) is 0.706. The van der Waals surface area contributed by atoms with Crippen LogP contribution in [-0.2, 0) is 17.7 Å². The van der Waals surface area contributed by atoms with E-state index in [-0.39, 0.29) is 5.54 Å². The Labute approximate surface area is 152 Å². The molecule has 1 N–H and O–H groups in total. The molecule has 0 unspecified atom stereocenters. The Morgan fingerprint density at radius 1 is 1.15 bits per heavy atom. The molecule has 0 spiro atoms. The third-order valence-corrected chi connectivity index (χ3v) is 4.60. The van der Waals surface area contributed by atoms with Gasteiger partial charge in [-0.1, -0.05) is 29.4 Å². The van der Waals surface area contributed by atoms with Gasteiger partial charge in [0, 0.05) is 30.8 Å². The van der Waals surface area contributed by atoms with E-state index in [4.69, 9.17) is 14.0 Å². The maximum atomic E-state index is 5.48. The summed E-state index contributed by atoms with van der Waals surface area (Å²) in [6, 6.07) is 15.7. The maximum absolute atomic E-state index is 5.48. The summed E-state index contributed by atoms with van der Waals surface area (Å²) in [5.41, 5.74) is 2.66. The van der Waals surface area contributed by atoms with Gasteiger partial charge in [0.2, 0.25) is 0 Å². The number of ether oxygens (including phenoxy) is 2. The highest BCUT2D eigenvalue weighted by Crippen LogP contribution is 2.26. The van der Waals surface area contributed by atoms with Gasteiger partial charge in [0.1, 0.15) is 11.4 Å². The zero-order valence-corrected chi connectivity index (χ0v) is 14.6. The molecule has 0 amide bonds. The smallest absolute Gasteiger partial charge is 0.185 e. The predicted molar refractivity (Wildman–Crippen MR) is 96.8 cm³/mol. The van der Waals surface area contributed by atoms with Gasteiger partial charge in [0.15, 0.2) is 5.76 Å². The van der Waals surface area contributed by atoms with Crippen molar-refractivity contribution < 1.29 is 14.0 Å². The van der Waals surface area contributed by atoms with E-state index in [1.807, 2.05) is 42.5 Å². The minimum absolute atomic E-state index is 0.140. The van der Waals surface area contributed by atoms with Crippen LogP contribution in [0.5, 0.6) is 5.75 Å². The van der Waals surface area contributed by atoms with Gasteiger partial charge in [0.05, 0.1) is 31.6 Å². The van der Waals surface area contributed by atoms with E-state index >= 15 is 0 Å². The fourth-order valence-corrected chi connectivity index (χ4v) is 3.12. The summed E-state index contributed by atoms with van der Waals surface area (Å²) in [6.45, 7) is 2.00. The van der Waals surface area contributed by atoms with Gasteiger partial charge in [-0.25, -0.2) is 0 Å². The first-order chi connectivity index (χ1) is 12.8. The van der Waals surface area contributed by atoms with Crippen molar-refractivity contribution in [2.24, 2.45) is 0 Å². The van der Waals surface area contributed by atoms with Crippen LogP contribution in [0.3, 0.4) is 0 Å². The Morgan fingerprint density at radius 3 is 2.73 bits per heavy atom. The van der Waals surface area contributed by atoms with Crippen LogP contribution in [0.2, 0.25) is 0 Å². The minimum atomic E-state index is -0.140. The average Bonchev–Trinajstić information content (AvgIpc) is 3.13. The molecule has 1 saturated heterocycles. The fraction of sp³-hybridized carbons (Fsp3) is 0.300. The second-order valence-electron chi connectivity index (χ2n) is 6.51. The first kappa shape index (κ1) is 16.8. The lowest BCUT2D eigenvalue weighted by Gasteiger charge is -2.42. The molecule has 0 saturated carbocycles. The monoisotopic (exact) mass is 351 g/mol. The fourth-order valence-electron chi connectivity index (χ4n) is 3.12. The highest BCUT2D eigenvalue weighted by molar-refractivity contribution is 5.51. The van der Waals surface area contributed by atoms with Crippen molar-refractivity contribution in [3.8, 4) is 17.2 Å². The summed E-state index contributed by atoms with van der Waals surface area (Å²) in [5.74, 6) is 1.56. The van der Waals surface area contributed by atoms with Gasteiger partial charge in [-0.05, 0) is 18.2 Å². The number of benzene rings is 1. The van der Waals surface area contributed by atoms with Crippen LogP contribution in [0.25, 0.3) is 11.5 Å². The van der Waals surface area contributed by atoms with E-state index in [2.05, 4.69) is 21.5 Å². The summed E-state index contributed by atoms with van der Waals surface area (Å²) in [6.07, 6.45) is 2.48. The number of para-hydroxylation sites is 1. The molecule has 6 nitrogen and oxygen atoms in total. The predicted octanol–water partition coefficient (Wildman–Crippen LogP) is 2.85. The second-order valence-corrected chi connectivity index (χ2v) is 6.51. The van der Waals surface area contributed by atoms with Crippen molar-refractivity contribution in [1.82, 2.24) is 15.5 Å². The zero-order chi connectivity index (χ0) is 17.8. The van der Waals surface area contributed by atoms with Crippen LogP contribution in [-0.4, -0.2) is 36.0 Å². The molecule has 1 aromatic carbocycles. The molecule has 134 valence electrons. The van der Waals surface area contributed by atoms with Crippen LogP contribution in [0, 0.1) is 0 Å². The molecule has 3 heterocycles. The van der Waals surface area contributed by atoms with Gasteiger partial charge in [0.25, 0.3) is 0 Å². The van der Waals surface area contributed by atoms with Crippen LogP contribution in [0.1, 0.15) is 11.3 Å². The number of hydrogen-bond donors (Lipinski definition) is 1. The van der Waals surface area contributed by atoms with Crippen molar-refractivity contribution >= 4 is 0 Å². The summed E-state index contributed by atoms with van der Waals surface area (Å²) in [4.78, 5) is 4.30. The molecule has 0 radical (unpaired) electrons. The minimum Gasteiger partial charge on any atom is -0.496 e. The number of rotatable bonds is 7. The Hall–Kier alpha value is -2.70. The van der Waals surface area contributed by atoms with E-state index < -0.39 is 0 Å². The molecule has 0 bridgehead atoms. The van der Waals surface area contributed by atoms with Crippen molar-refractivity contribution in [3.63, 3.8) is 0 Å². The lowest BCUT2D eigenvalue weighted by atomic mass is 9.90. The van der Waals surface area contributed by atoms with Crippen LogP contribution >= 0.6 is 0 Å². The van der Waals surface area contributed by atoms with Crippen molar-refractivity contribution in [1.29, 1.82) is 0 Å². The maximum Gasteiger partial charge on any atom is 0.185 e. The highest BCUT2D eigenvalue weighted by Gasteiger charge is 2.39. The molecule has 0 aliphatic carbocycles. The number of nitrogens with zero attached hydrogens (tertiary/aromatic N) is 2. The van der Waals surface area contributed by atoms with Crippen molar-refractivity contribution in [2.75, 3.05) is 20.3 Å². The van der Waals surface area contributed by atoms with E-state index in [0.717, 1.165) is 29.1 Å². The number of pyridine rings is 1. The van der Waals surface area contributed by atoms with Crippen LogP contribution in [0.15, 0.2) is 59.3 Å². The SMILES string of the molecule is COc1ccccc1CNC1(Cc2cc(-c3ccccn3)on2)COC1. The normalized spacial score (nSPS) is 15.4. The van der Waals surface area contributed by atoms with Crippen molar-refractivity contribution in [2.45, 2.75) is 18.5 Å². The van der Waals surface area contributed by atoms with E-state index in [1.54, 1.807) is 13.3 Å². The number of nitrogens with one attached hydrogen (secondary N) is 1. The second kappa shape index (κ2) is 7.27. The summed E-state index contributed by atoms with van der Waals surface area (Å²) < 4.78 is 16.4. The molecule has 26 heavy (non-hydrogen) atoms. The first-order valence-corrected chi connectivity index (χ1v) is 8.60. The topological polar surface area (TPSA) is 69.4 Å². The molecule has 3 aromatic rings. The number of aromatic nitrogens is 2. The Morgan fingerprint density at radius 2 is 2.00 bits per heavy atom. The summed E-state index contributed by atoms with van der Waals surface area (Å²) >= 11 is 0. The van der Waals surface area contributed by atoms with Gasteiger partial charge in [-0.15, -0.1) is 0 Å². The van der Waals surface area contributed by atoms with Gasteiger partial charge in [-0.2, -0.15) is 0 Å². The third-order valence-electron chi connectivity index (χ3n) is 4.60. The molecule has 2 aromatic heterocycles. The largest absolute Gasteiger partial charge is 0.496 e. The Bertz CT molecular complexity index is 860. The lowest BCUT2D eigenvalue weighted by Crippen LogP contribution is -2.61. The standard InChI is InChI=1S/C20H21N3O3/c1-24-18-8-3-2-6-15(18)12-22-20(13-25-14-20)11-16-10-19(26-23-16)17-7-4-5-9-21-17/h2-10,22H,11-14H2,1H3. The molecular formula is C20H21N3O3. The first-order valence-electron chi connectivity index (χ1n) is 8.60. The average molecular weight is 351 g/mol. The molecule has 1 fully saturated rings. The number of methoxy groups -OCH3 is 1. The van der Waals surface area contributed by atoms with Gasteiger partial charge >= 0.3 is 0 Å².